The van der Waals surface area contributed by atoms with Gasteiger partial charge in [-0.25, -0.2) is 0 Å². The van der Waals surface area contributed by atoms with Crippen LogP contribution in [0.25, 0.3) is 0 Å². The molecule has 0 bridgehead atoms. The number of rotatable bonds is 8. The number of hydrogen-bond acceptors (Lipinski definition) is 6. The molecule has 1 amide bonds. The van der Waals surface area contributed by atoms with E-state index in [-0.39, 0.29) is 12.5 Å². The standard InChI is InChI=1S/C19H23NO6/c1-23-14-7-5-12(6-8-14)15(21)11-20-19(22)13-9-16(24-2)18(26-4)17(10-13)25-3/h5-10,15,21H,11H2,1-4H3,(H,20,22). The number of carbonyl (C=O) groups excluding carboxylic acids is 1. The summed E-state index contributed by atoms with van der Waals surface area (Å²) in [4.78, 5) is 12.4. The van der Waals surface area contributed by atoms with E-state index in [9.17, 15) is 9.90 Å². The lowest BCUT2D eigenvalue weighted by Crippen LogP contribution is -2.28. The van der Waals surface area contributed by atoms with E-state index in [1.54, 1.807) is 43.5 Å². The summed E-state index contributed by atoms with van der Waals surface area (Å²) in [5.74, 6) is 1.50. The molecule has 0 spiro atoms. The lowest BCUT2D eigenvalue weighted by atomic mass is 10.1. The minimum atomic E-state index is -0.841. The smallest absolute Gasteiger partial charge is 0.251 e. The first-order valence-electron chi connectivity index (χ1n) is 7.94. The van der Waals surface area contributed by atoms with E-state index >= 15 is 0 Å². The summed E-state index contributed by atoms with van der Waals surface area (Å²) in [6, 6.07) is 10.1. The highest BCUT2D eigenvalue weighted by Crippen LogP contribution is 2.38. The number of amides is 1. The molecule has 2 aromatic rings. The summed E-state index contributed by atoms with van der Waals surface area (Å²) in [5, 5.41) is 12.9. The number of aliphatic hydroxyl groups is 1. The third-order valence-electron chi connectivity index (χ3n) is 3.88. The van der Waals surface area contributed by atoms with Crippen molar-refractivity contribution in [3.8, 4) is 23.0 Å². The molecule has 26 heavy (non-hydrogen) atoms. The van der Waals surface area contributed by atoms with Crippen LogP contribution < -0.4 is 24.3 Å². The molecule has 0 aliphatic heterocycles. The predicted molar refractivity (Wildman–Crippen MR) is 96.4 cm³/mol. The molecule has 7 nitrogen and oxygen atoms in total. The van der Waals surface area contributed by atoms with E-state index in [0.717, 1.165) is 0 Å². The van der Waals surface area contributed by atoms with Gasteiger partial charge in [0.2, 0.25) is 5.75 Å². The van der Waals surface area contributed by atoms with Gasteiger partial charge in [-0.15, -0.1) is 0 Å². The Bertz CT molecular complexity index is 719. The summed E-state index contributed by atoms with van der Waals surface area (Å²) in [6.45, 7) is 0.0574. The summed E-state index contributed by atoms with van der Waals surface area (Å²) in [7, 11) is 6.02. The Labute approximate surface area is 152 Å². The van der Waals surface area contributed by atoms with Crippen molar-refractivity contribution in [2.75, 3.05) is 35.0 Å². The van der Waals surface area contributed by atoms with Crippen molar-refractivity contribution in [2.45, 2.75) is 6.10 Å². The summed E-state index contributed by atoms with van der Waals surface area (Å²) in [5.41, 5.74) is 1.01. The Kier molecular flexibility index (Phi) is 6.68. The molecule has 1 atom stereocenters. The number of aliphatic hydroxyl groups excluding tert-OH is 1. The maximum atomic E-state index is 12.4. The second kappa shape index (κ2) is 8.96. The lowest BCUT2D eigenvalue weighted by Gasteiger charge is -2.15. The zero-order chi connectivity index (χ0) is 19.1. The number of nitrogens with one attached hydrogen (secondary N) is 1. The minimum absolute atomic E-state index is 0.0574. The fraction of sp³-hybridized carbons (Fsp3) is 0.316. The van der Waals surface area contributed by atoms with E-state index in [1.165, 1.54) is 21.3 Å². The molecule has 1 unspecified atom stereocenters. The van der Waals surface area contributed by atoms with Crippen LogP contribution in [0.3, 0.4) is 0 Å². The molecule has 0 fully saturated rings. The van der Waals surface area contributed by atoms with Gasteiger partial charge in [-0.05, 0) is 29.8 Å². The molecule has 0 aliphatic carbocycles. The largest absolute Gasteiger partial charge is 0.497 e. The van der Waals surface area contributed by atoms with E-state index in [1.807, 2.05) is 0 Å². The van der Waals surface area contributed by atoms with Crippen LogP contribution in [0.1, 0.15) is 22.0 Å². The normalized spacial score (nSPS) is 11.4. The minimum Gasteiger partial charge on any atom is -0.497 e. The van der Waals surface area contributed by atoms with E-state index in [2.05, 4.69) is 5.32 Å². The second-order valence-electron chi connectivity index (χ2n) is 5.41. The maximum absolute atomic E-state index is 12.4. The SMILES string of the molecule is COc1ccc(C(O)CNC(=O)c2cc(OC)c(OC)c(OC)c2)cc1. The Morgan fingerprint density at radius 2 is 1.54 bits per heavy atom. The Hall–Kier alpha value is -2.93. The van der Waals surface area contributed by atoms with Crippen molar-refractivity contribution in [3.63, 3.8) is 0 Å². The van der Waals surface area contributed by atoms with Crippen LogP contribution in [0.4, 0.5) is 0 Å². The fourth-order valence-corrected chi connectivity index (χ4v) is 2.45. The average Bonchev–Trinajstić information content (AvgIpc) is 2.70. The predicted octanol–water partition coefficient (Wildman–Crippen LogP) is 2.18. The van der Waals surface area contributed by atoms with Gasteiger partial charge < -0.3 is 29.4 Å². The molecular formula is C19H23NO6. The topological polar surface area (TPSA) is 86.3 Å². The molecule has 2 rings (SSSR count). The van der Waals surface area contributed by atoms with Gasteiger partial charge in [0.15, 0.2) is 11.5 Å². The van der Waals surface area contributed by atoms with Gasteiger partial charge in [0.25, 0.3) is 5.91 Å². The van der Waals surface area contributed by atoms with Crippen LogP contribution >= 0.6 is 0 Å². The second-order valence-corrected chi connectivity index (χ2v) is 5.41. The molecule has 0 aromatic heterocycles. The lowest BCUT2D eigenvalue weighted by molar-refractivity contribution is 0.0915. The molecule has 0 heterocycles. The first-order chi connectivity index (χ1) is 12.5. The molecule has 2 N–H and O–H groups in total. The zero-order valence-electron chi connectivity index (χ0n) is 15.2. The van der Waals surface area contributed by atoms with Crippen LogP contribution in [0.15, 0.2) is 36.4 Å². The summed E-state index contributed by atoms with van der Waals surface area (Å²) < 4.78 is 20.8. The summed E-state index contributed by atoms with van der Waals surface area (Å²) >= 11 is 0. The first-order valence-corrected chi connectivity index (χ1v) is 7.94. The molecular weight excluding hydrogens is 338 g/mol. The fourth-order valence-electron chi connectivity index (χ4n) is 2.45. The monoisotopic (exact) mass is 361 g/mol. The Balaban J connectivity index is 2.09. The van der Waals surface area contributed by atoms with Gasteiger partial charge in [0.1, 0.15) is 5.75 Å². The van der Waals surface area contributed by atoms with Crippen molar-refractivity contribution in [3.05, 3.63) is 47.5 Å². The van der Waals surface area contributed by atoms with E-state index in [4.69, 9.17) is 18.9 Å². The average molecular weight is 361 g/mol. The number of methoxy groups -OCH3 is 4. The molecule has 7 heteroatoms. The van der Waals surface area contributed by atoms with Crippen LogP contribution in [-0.4, -0.2) is 46.0 Å². The molecule has 0 aliphatic rings. The quantitative estimate of drug-likeness (QED) is 0.750. The van der Waals surface area contributed by atoms with Gasteiger partial charge >= 0.3 is 0 Å². The van der Waals surface area contributed by atoms with Crippen molar-refractivity contribution in [1.82, 2.24) is 5.32 Å². The van der Waals surface area contributed by atoms with Crippen molar-refractivity contribution < 1.29 is 28.8 Å². The molecule has 2 aromatic carbocycles. The van der Waals surface area contributed by atoms with Gasteiger partial charge in [-0.1, -0.05) is 12.1 Å². The highest BCUT2D eigenvalue weighted by atomic mass is 16.5. The molecule has 0 saturated heterocycles. The zero-order valence-corrected chi connectivity index (χ0v) is 15.2. The van der Waals surface area contributed by atoms with Gasteiger partial charge in [0, 0.05) is 12.1 Å². The Morgan fingerprint density at radius 3 is 2.00 bits per heavy atom. The van der Waals surface area contributed by atoms with Crippen molar-refractivity contribution in [1.29, 1.82) is 0 Å². The first kappa shape index (κ1) is 19.4. The molecule has 0 saturated carbocycles. The summed E-state index contributed by atoms with van der Waals surface area (Å²) in [6.07, 6.45) is -0.841. The Morgan fingerprint density at radius 1 is 0.962 bits per heavy atom. The van der Waals surface area contributed by atoms with E-state index < -0.39 is 6.10 Å². The van der Waals surface area contributed by atoms with Crippen molar-refractivity contribution >= 4 is 5.91 Å². The van der Waals surface area contributed by atoms with Crippen LogP contribution in [-0.2, 0) is 0 Å². The number of ether oxygens (including phenoxy) is 4. The highest BCUT2D eigenvalue weighted by Gasteiger charge is 2.18. The van der Waals surface area contributed by atoms with Gasteiger partial charge in [-0.2, -0.15) is 0 Å². The van der Waals surface area contributed by atoms with Crippen LogP contribution in [0.5, 0.6) is 23.0 Å². The third-order valence-corrected chi connectivity index (χ3v) is 3.88. The third kappa shape index (κ3) is 4.37. The van der Waals surface area contributed by atoms with Crippen molar-refractivity contribution in [2.24, 2.45) is 0 Å². The van der Waals surface area contributed by atoms with Gasteiger partial charge in [0.05, 0.1) is 34.5 Å². The van der Waals surface area contributed by atoms with Crippen LogP contribution in [0.2, 0.25) is 0 Å². The van der Waals surface area contributed by atoms with E-state index in [0.29, 0.717) is 34.1 Å². The number of carbonyl (C=O) groups is 1. The number of benzene rings is 2. The maximum Gasteiger partial charge on any atom is 0.251 e. The van der Waals surface area contributed by atoms with Crippen LogP contribution in [0, 0.1) is 0 Å². The molecule has 140 valence electrons. The highest BCUT2D eigenvalue weighted by molar-refractivity contribution is 5.95. The van der Waals surface area contributed by atoms with Gasteiger partial charge in [-0.3, -0.25) is 4.79 Å². The molecule has 0 radical (unpaired) electrons. The number of hydrogen-bond donors (Lipinski definition) is 2.